The predicted molar refractivity (Wildman–Crippen MR) is 82.1 cm³/mol. The van der Waals surface area contributed by atoms with Gasteiger partial charge in [-0.1, -0.05) is 33.1 Å². The zero-order chi connectivity index (χ0) is 13.0. The molecule has 1 heterocycles. The molecule has 1 aliphatic carbocycles. The summed E-state index contributed by atoms with van der Waals surface area (Å²) in [6.07, 6.45) is 8.14. The number of nitrogens with two attached hydrogens (primary N) is 1. The molecular weight excluding hydrogens is 240 g/mol. The van der Waals surface area contributed by atoms with Gasteiger partial charge >= 0.3 is 0 Å². The lowest BCUT2D eigenvalue weighted by molar-refractivity contribution is 0.0372. The molecule has 2 rings (SSSR count). The van der Waals surface area contributed by atoms with E-state index in [0.29, 0.717) is 5.54 Å². The minimum Gasteiger partial charge on any atom is -0.329 e. The number of rotatable bonds is 4. The van der Waals surface area contributed by atoms with Crippen LogP contribution < -0.4 is 5.73 Å². The van der Waals surface area contributed by atoms with Gasteiger partial charge in [0.2, 0.25) is 0 Å². The molecule has 1 aliphatic heterocycles. The van der Waals surface area contributed by atoms with Crippen LogP contribution in [0.2, 0.25) is 0 Å². The van der Waals surface area contributed by atoms with E-state index in [1.807, 2.05) is 0 Å². The Morgan fingerprint density at radius 2 is 2.17 bits per heavy atom. The van der Waals surface area contributed by atoms with Crippen LogP contribution >= 0.6 is 11.8 Å². The van der Waals surface area contributed by atoms with Crippen molar-refractivity contribution >= 4 is 11.8 Å². The van der Waals surface area contributed by atoms with Gasteiger partial charge in [0.25, 0.3) is 0 Å². The van der Waals surface area contributed by atoms with Gasteiger partial charge in [0.15, 0.2) is 0 Å². The van der Waals surface area contributed by atoms with E-state index >= 15 is 0 Å². The fourth-order valence-corrected chi connectivity index (χ4v) is 4.99. The molecule has 106 valence electrons. The van der Waals surface area contributed by atoms with Gasteiger partial charge in [0, 0.05) is 36.2 Å². The summed E-state index contributed by atoms with van der Waals surface area (Å²) in [6, 6.07) is 0. The maximum Gasteiger partial charge on any atom is 0.0335 e. The Kier molecular flexibility index (Phi) is 5.40. The van der Waals surface area contributed by atoms with E-state index in [-0.39, 0.29) is 0 Å². The summed E-state index contributed by atoms with van der Waals surface area (Å²) in [5.74, 6) is 2.22. The van der Waals surface area contributed by atoms with Crippen LogP contribution in [0.4, 0.5) is 0 Å². The van der Waals surface area contributed by atoms with Crippen molar-refractivity contribution in [3.05, 3.63) is 0 Å². The monoisotopic (exact) mass is 270 g/mol. The average Bonchev–Trinajstić information content (AvgIpc) is 2.47. The quantitative estimate of drug-likeness (QED) is 0.851. The molecule has 0 bridgehead atoms. The van der Waals surface area contributed by atoms with Crippen LogP contribution in [0.25, 0.3) is 0 Å². The minimum absolute atomic E-state index is 0.341. The summed E-state index contributed by atoms with van der Waals surface area (Å²) in [4.78, 5) is 2.76. The SMILES string of the molecule is CCC1CCCC(CN)(N2CCSC(CC)C2)C1. The van der Waals surface area contributed by atoms with Gasteiger partial charge in [-0.05, 0) is 25.2 Å². The van der Waals surface area contributed by atoms with Crippen LogP contribution in [-0.4, -0.2) is 41.1 Å². The Balaban J connectivity index is 2.05. The molecule has 0 radical (unpaired) electrons. The highest BCUT2D eigenvalue weighted by Crippen LogP contribution is 2.39. The lowest BCUT2D eigenvalue weighted by atomic mass is 9.73. The van der Waals surface area contributed by atoms with Gasteiger partial charge in [0.05, 0.1) is 0 Å². The van der Waals surface area contributed by atoms with Crippen molar-refractivity contribution in [3.8, 4) is 0 Å². The molecule has 3 atom stereocenters. The molecule has 0 amide bonds. The number of thioether (sulfide) groups is 1. The van der Waals surface area contributed by atoms with Crippen molar-refractivity contribution in [2.75, 3.05) is 25.4 Å². The first kappa shape index (κ1) is 14.7. The van der Waals surface area contributed by atoms with Crippen LogP contribution in [0.15, 0.2) is 0 Å². The molecule has 0 spiro atoms. The van der Waals surface area contributed by atoms with Crippen molar-refractivity contribution in [3.63, 3.8) is 0 Å². The second-order valence-electron chi connectivity index (χ2n) is 6.15. The van der Waals surface area contributed by atoms with E-state index < -0.39 is 0 Å². The topological polar surface area (TPSA) is 29.3 Å². The zero-order valence-electron chi connectivity index (χ0n) is 12.2. The largest absolute Gasteiger partial charge is 0.329 e. The summed E-state index contributed by atoms with van der Waals surface area (Å²) in [5, 5.41) is 0.837. The molecule has 2 aliphatic rings. The van der Waals surface area contributed by atoms with Crippen LogP contribution in [0.3, 0.4) is 0 Å². The molecular formula is C15H30N2S. The molecule has 3 heteroatoms. The molecule has 0 aromatic carbocycles. The molecule has 1 saturated carbocycles. The molecule has 0 aromatic heterocycles. The third-order valence-electron chi connectivity index (χ3n) is 5.15. The smallest absolute Gasteiger partial charge is 0.0335 e. The van der Waals surface area contributed by atoms with Crippen LogP contribution in [0.1, 0.15) is 52.4 Å². The van der Waals surface area contributed by atoms with E-state index in [0.717, 1.165) is 17.7 Å². The Labute approximate surface area is 117 Å². The van der Waals surface area contributed by atoms with E-state index in [1.54, 1.807) is 0 Å². The van der Waals surface area contributed by atoms with Gasteiger partial charge in [-0.3, -0.25) is 4.90 Å². The first-order valence-corrected chi connectivity index (χ1v) is 8.85. The minimum atomic E-state index is 0.341. The second kappa shape index (κ2) is 6.62. The van der Waals surface area contributed by atoms with Crippen molar-refractivity contribution in [2.24, 2.45) is 11.7 Å². The van der Waals surface area contributed by atoms with E-state index in [9.17, 15) is 0 Å². The fourth-order valence-electron chi connectivity index (χ4n) is 3.81. The summed E-state index contributed by atoms with van der Waals surface area (Å²) in [5.41, 5.74) is 6.57. The first-order chi connectivity index (χ1) is 8.74. The predicted octanol–water partition coefficient (Wildman–Crippen LogP) is 3.11. The molecule has 1 saturated heterocycles. The van der Waals surface area contributed by atoms with E-state index in [2.05, 4.69) is 30.5 Å². The number of hydrogen-bond donors (Lipinski definition) is 1. The Hall–Kier alpha value is 0.270. The highest BCUT2D eigenvalue weighted by molar-refractivity contribution is 8.00. The summed E-state index contributed by atoms with van der Waals surface area (Å²) >= 11 is 2.16. The zero-order valence-corrected chi connectivity index (χ0v) is 13.0. The lowest BCUT2D eigenvalue weighted by Gasteiger charge is -2.51. The molecule has 0 aromatic rings. The molecule has 2 N–H and O–H groups in total. The molecule has 3 unspecified atom stereocenters. The number of hydrogen-bond acceptors (Lipinski definition) is 3. The Morgan fingerprint density at radius 3 is 2.83 bits per heavy atom. The fraction of sp³-hybridized carbons (Fsp3) is 1.00. The van der Waals surface area contributed by atoms with Gasteiger partial charge in [-0.15, -0.1) is 0 Å². The maximum atomic E-state index is 6.22. The van der Waals surface area contributed by atoms with Gasteiger partial charge in [-0.25, -0.2) is 0 Å². The average molecular weight is 270 g/mol. The van der Waals surface area contributed by atoms with Crippen LogP contribution in [0, 0.1) is 5.92 Å². The lowest BCUT2D eigenvalue weighted by Crippen LogP contribution is -2.59. The highest BCUT2D eigenvalue weighted by atomic mass is 32.2. The summed E-state index contributed by atoms with van der Waals surface area (Å²) in [7, 11) is 0. The van der Waals surface area contributed by atoms with Crippen molar-refractivity contribution in [1.29, 1.82) is 0 Å². The van der Waals surface area contributed by atoms with Gasteiger partial charge in [-0.2, -0.15) is 11.8 Å². The Morgan fingerprint density at radius 1 is 1.33 bits per heavy atom. The Bertz CT molecular complexity index is 259. The third kappa shape index (κ3) is 3.05. The van der Waals surface area contributed by atoms with Crippen molar-refractivity contribution in [2.45, 2.75) is 63.2 Å². The van der Waals surface area contributed by atoms with Crippen molar-refractivity contribution < 1.29 is 0 Å². The third-order valence-corrected chi connectivity index (χ3v) is 6.52. The normalized spacial score (nSPS) is 38.8. The first-order valence-electron chi connectivity index (χ1n) is 7.80. The summed E-state index contributed by atoms with van der Waals surface area (Å²) in [6.45, 7) is 8.07. The maximum absolute atomic E-state index is 6.22. The second-order valence-corrected chi connectivity index (χ2v) is 7.55. The molecule has 18 heavy (non-hydrogen) atoms. The number of nitrogens with zero attached hydrogens (tertiary/aromatic N) is 1. The standard InChI is InChI=1S/C15H30N2S/c1-3-13-6-5-7-15(10-13,12-16)17-8-9-18-14(4-2)11-17/h13-14H,3-12,16H2,1-2H3. The molecule has 2 fully saturated rings. The van der Waals surface area contributed by atoms with Gasteiger partial charge in [0.1, 0.15) is 0 Å². The van der Waals surface area contributed by atoms with Gasteiger partial charge < -0.3 is 5.73 Å². The highest BCUT2D eigenvalue weighted by Gasteiger charge is 2.41. The van der Waals surface area contributed by atoms with Crippen LogP contribution in [-0.2, 0) is 0 Å². The molecule has 2 nitrogen and oxygen atoms in total. The van der Waals surface area contributed by atoms with E-state index in [4.69, 9.17) is 5.73 Å². The summed E-state index contributed by atoms with van der Waals surface area (Å²) < 4.78 is 0. The van der Waals surface area contributed by atoms with E-state index in [1.165, 1.54) is 57.4 Å². The van der Waals surface area contributed by atoms with Crippen LogP contribution in [0.5, 0.6) is 0 Å². The van der Waals surface area contributed by atoms with Crippen molar-refractivity contribution in [1.82, 2.24) is 4.90 Å².